The molecule has 0 rings (SSSR count). The Labute approximate surface area is 81.8 Å². The predicted molar refractivity (Wildman–Crippen MR) is 50.9 cm³/mol. The molecule has 8 heteroatoms. The van der Waals surface area contributed by atoms with Crippen LogP contribution in [-0.4, -0.2) is 35.5 Å². The first kappa shape index (κ1) is 18.3. The molecule has 0 heterocycles. The van der Waals surface area contributed by atoms with Crippen LogP contribution in [0.1, 0.15) is 12.8 Å². The average Bonchev–Trinajstić information content (AvgIpc) is 1.98. The Kier molecular flexibility index (Phi) is 22.9. The van der Waals surface area contributed by atoms with Crippen molar-refractivity contribution in [3.8, 4) is 0 Å². The van der Waals surface area contributed by atoms with Gasteiger partial charge in [0, 0.05) is 13.2 Å². The number of hydrogen-bond donors (Lipinski definition) is 6. The number of nitrogens with two attached hydrogens (primary N) is 4. The average molecular weight is 210 g/mol. The second kappa shape index (κ2) is 17.5. The van der Waals surface area contributed by atoms with Crippen molar-refractivity contribution < 1.29 is 19.8 Å². The van der Waals surface area contributed by atoms with Gasteiger partial charge in [-0.05, 0) is 12.8 Å². The molecule has 0 bridgehead atoms. The topological polar surface area (TPSA) is 179 Å². The molecule has 0 aromatic rings. The van der Waals surface area contributed by atoms with Gasteiger partial charge in [-0.3, -0.25) is 0 Å². The lowest BCUT2D eigenvalue weighted by Gasteiger charge is -1.85. The largest absolute Gasteiger partial charge is 0.396 e. The van der Waals surface area contributed by atoms with Crippen molar-refractivity contribution in [2.45, 2.75) is 12.8 Å². The first-order valence-electron chi connectivity index (χ1n) is 3.70. The Balaban J connectivity index is -0.000000135. The summed E-state index contributed by atoms with van der Waals surface area (Å²) in [5.74, 6) is 0. The van der Waals surface area contributed by atoms with Gasteiger partial charge in [0.15, 0.2) is 0 Å². The van der Waals surface area contributed by atoms with Gasteiger partial charge in [0.1, 0.15) is 0 Å². The molecule has 0 aliphatic rings. The second-order valence-electron chi connectivity index (χ2n) is 1.96. The third kappa shape index (κ3) is 439. The van der Waals surface area contributed by atoms with Gasteiger partial charge in [-0.1, -0.05) is 0 Å². The highest BCUT2D eigenvalue weighted by Gasteiger charge is 1.77. The maximum atomic E-state index is 9.00. The molecule has 14 heavy (non-hydrogen) atoms. The minimum absolute atomic E-state index is 0.195. The van der Waals surface area contributed by atoms with Crippen LogP contribution in [0.3, 0.4) is 0 Å². The molecule has 10 N–H and O–H groups in total. The Morgan fingerprint density at radius 2 is 0.929 bits per heavy atom. The summed E-state index contributed by atoms with van der Waals surface area (Å²) in [6.45, 7) is 0.390. The van der Waals surface area contributed by atoms with Crippen LogP contribution in [0.5, 0.6) is 0 Å². The lowest BCUT2D eigenvalue weighted by atomic mass is 10.3. The maximum absolute atomic E-state index is 9.00. The monoisotopic (exact) mass is 210 g/mol. The van der Waals surface area contributed by atoms with Crippen LogP contribution < -0.4 is 22.9 Å². The minimum Gasteiger partial charge on any atom is -0.396 e. The molecule has 86 valence electrons. The van der Waals surface area contributed by atoms with Crippen LogP contribution in [0.4, 0.5) is 9.59 Å². The van der Waals surface area contributed by atoms with E-state index >= 15 is 0 Å². The Morgan fingerprint density at radius 3 is 1.00 bits per heavy atom. The van der Waals surface area contributed by atoms with E-state index < -0.39 is 12.1 Å². The van der Waals surface area contributed by atoms with E-state index in [2.05, 4.69) is 22.9 Å². The summed E-state index contributed by atoms with van der Waals surface area (Å²) in [7, 11) is 0. The smallest absolute Gasteiger partial charge is 0.309 e. The van der Waals surface area contributed by atoms with Gasteiger partial charge >= 0.3 is 12.1 Å². The normalized spacial score (nSPS) is 7.29. The van der Waals surface area contributed by atoms with Crippen LogP contribution in [0.15, 0.2) is 0 Å². The maximum Gasteiger partial charge on any atom is 0.309 e. The summed E-state index contributed by atoms with van der Waals surface area (Å²) in [4.78, 5) is 18.0. The molecule has 8 nitrogen and oxygen atoms in total. The molecular weight excluding hydrogens is 192 g/mol. The fourth-order valence-electron chi connectivity index (χ4n) is 0.224. The molecular formula is C6H18N4O4. The zero-order valence-corrected chi connectivity index (χ0v) is 7.85. The minimum atomic E-state index is -0.833. The van der Waals surface area contributed by atoms with Crippen molar-refractivity contribution in [2.75, 3.05) is 13.2 Å². The van der Waals surface area contributed by atoms with Gasteiger partial charge in [0.05, 0.1) is 0 Å². The van der Waals surface area contributed by atoms with Gasteiger partial charge in [-0.15, -0.1) is 0 Å². The molecule has 0 aromatic heterocycles. The summed E-state index contributed by atoms with van der Waals surface area (Å²) in [6, 6.07) is -1.67. The number of carbonyl (C=O) groups is 2. The Morgan fingerprint density at radius 1 is 0.786 bits per heavy atom. The fraction of sp³-hybridized carbons (Fsp3) is 0.667. The third-order valence-corrected chi connectivity index (χ3v) is 0.566. The van der Waals surface area contributed by atoms with Crippen molar-refractivity contribution in [3.05, 3.63) is 0 Å². The van der Waals surface area contributed by atoms with Crippen LogP contribution in [0.25, 0.3) is 0 Å². The number of primary amides is 4. The van der Waals surface area contributed by atoms with E-state index in [-0.39, 0.29) is 13.2 Å². The Hall–Kier alpha value is -1.54. The number of aliphatic hydroxyl groups excluding tert-OH is 2. The van der Waals surface area contributed by atoms with Crippen LogP contribution in [0, 0.1) is 0 Å². The van der Waals surface area contributed by atoms with Crippen molar-refractivity contribution in [1.29, 1.82) is 0 Å². The summed E-state index contributed by atoms with van der Waals surface area (Å²) < 4.78 is 0. The highest BCUT2D eigenvalue weighted by molar-refractivity contribution is 5.69. The van der Waals surface area contributed by atoms with E-state index in [1.54, 1.807) is 0 Å². The molecule has 0 aliphatic heterocycles. The molecule has 0 aromatic carbocycles. The third-order valence-electron chi connectivity index (χ3n) is 0.566. The lowest BCUT2D eigenvalue weighted by molar-refractivity contribution is 0.242. The summed E-state index contributed by atoms with van der Waals surface area (Å²) >= 11 is 0. The van der Waals surface area contributed by atoms with Gasteiger partial charge in [0.2, 0.25) is 0 Å². The molecule has 0 fully saturated rings. The molecule has 0 aliphatic carbocycles. The van der Waals surface area contributed by atoms with Gasteiger partial charge < -0.3 is 33.1 Å². The first-order valence-corrected chi connectivity index (χ1v) is 3.70. The standard InChI is InChI=1S/C4H10O2.2CH4N2O/c5-3-1-2-4-6;2*2-1(3)4/h5-6H,1-4H2;2*(H4,2,3,4). The fourth-order valence-corrected chi connectivity index (χ4v) is 0.224. The molecule has 0 saturated heterocycles. The molecule has 0 unspecified atom stereocenters. The first-order chi connectivity index (χ1) is 6.38. The number of urea groups is 2. The summed E-state index contributed by atoms with van der Waals surface area (Å²) in [5.41, 5.74) is 17.0. The highest BCUT2D eigenvalue weighted by atomic mass is 16.3. The zero-order chi connectivity index (χ0) is 12.0. The van der Waals surface area contributed by atoms with Crippen molar-refractivity contribution in [1.82, 2.24) is 0 Å². The van der Waals surface area contributed by atoms with Crippen LogP contribution in [0.2, 0.25) is 0 Å². The Bertz CT molecular complexity index is 118. The van der Waals surface area contributed by atoms with E-state index in [0.717, 1.165) is 12.8 Å². The highest BCUT2D eigenvalue weighted by Crippen LogP contribution is 1.80. The zero-order valence-electron chi connectivity index (χ0n) is 7.85. The number of hydrogen-bond acceptors (Lipinski definition) is 4. The van der Waals surface area contributed by atoms with Crippen molar-refractivity contribution >= 4 is 12.1 Å². The quantitative estimate of drug-likeness (QED) is 0.289. The van der Waals surface area contributed by atoms with E-state index in [1.807, 2.05) is 0 Å². The predicted octanol–water partition coefficient (Wildman–Crippen LogP) is -2.20. The molecule has 0 atom stereocenters. The number of carbonyl (C=O) groups excluding carboxylic acids is 2. The summed E-state index contributed by atoms with van der Waals surface area (Å²) in [6.07, 6.45) is 1.44. The SMILES string of the molecule is NC(N)=O.NC(N)=O.OCCCCO. The van der Waals surface area contributed by atoms with Crippen molar-refractivity contribution in [3.63, 3.8) is 0 Å². The van der Waals surface area contributed by atoms with Gasteiger partial charge in [0.25, 0.3) is 0 Å². The van der Waals surface area contributed by atoms with E-state index in [0.29, 0.717) is 0 Å². The molecule has 0 saturated carbocycles. The number of rotatable bonds is 3. The van der Waals surface area contributed by atoms with E-state index in [4.69, 9.17) is 19.8 Å². The van der Waals surface area contributed by atoms with Crippen LogP contribution in [-0.2, 0) is 0 Å². The van der Waals surface area contributed by atoms with Gasteiger partial charge in [-0.2, -0.15) is 0 Å². The number of unbranched alkanes of at least 4 members (excludes halogenated alkanes) is 1. The van der Waals surface area contributed by atoms with Crippen LogP contribution >= 0.6 is 0 Å². The number of aliphatic hydroxyl groups is 2. The molecule has 0 spiro atoms. The molecule has 4 amide bonds. The van der Waals surface area contributed by atoms with Gasteiger partial charge in [-0.25, -0.2) is 9.59 Å². The lowest BCUT2D eigenvalue weighted by Crippen LogP contribution is -2.18. The van der Waals surface area contributed by atoms with E-state index in [1.165, 1.54) is 0 Å². The summed E-state index contributed by atoms with van der Waals surface area (Å²) in [5, 5.41) is 16.2. The number of amides is 4. The van der Waals surface area contributed by atoms with E-state index in [9.17, 15) is 0 Å². The molecule has 0 radical (unpaired) electrons. The van der Waals surface area contributed by atoms with Crippen molar-refractivity contribution in [2.24, 2.45) is 22.9 Å². The second-order valence-corrected chi connectivity index (χ2v) is 1.96.